The quantitative estimate of drug-likeness (QED) is 0.116. The molecule has 0 bridgehead atoms. The summed E-state index contributed by atoms with van der Waals surface area (Å²) in [6.45, 7) is 3.82. The molecular formula is C36H41FN6O7S. The highest BCUT2D eigenvalue weighted by atomic mass is 32.2. The SMILES string of the molecule is CC(=O)Nc1ccc(S(=O)(=O)N(CC(C)C)CC(O)[C@@H](Cc2ccccc2)C(CC(N)=O)(NC(=O)c2ccc3ccccc3n2)C(N)=O)cc1F. The molecule has 270 valence electrons. The first-order valence-corrected chi connectivity index (χ1v) is 17.5. The number of aliphatic hydroxyl groups excluding tert-OH is 1. The molecular weight excluding hydrogens is 679 g/mol. The van der Waals surface area contributed by atoms with Crippen molar-refractivity contribution in [1.29, 1.82) is 0 Å². The van der Waals surface area contributed by atoms with E-state index in [-0.39, 0.29) is 30.3 Å². The molecule has 13 nitrogen and oxygen atoms in total. The highest BCUT2D eigenvalue weighted by Gasteiger charge is 2.51. The number of carbonyl (C=O) groups excluding carboxylic acids is 4. The van der Waals surface area contributed by atoms with Gasteiger partial charge in [-0.25, -0.2) is 17.8 Å². The van der Waals surface area contributed by atoms with Crippen molar-refractivity contribution in [2.75, 3.05) is 18.4 Å². The van der Waals surface area contributed by atoms with Gasteiger partial charge in [-0.2, -0.15) is 4.31 Å². The Hall–Kier alpha value is -5.25. The fraction of sp³-hybridized carbons (Fsp3) is 0.306. The van der Waals surface area contributed by atoms with E-state index in [1.165, 1.54) is 13.0 Å². The first kappa shape index (κ1) is 38.6. The highest BCUT2D eigenvalue weighted by Crippen LogP contribution is 2.32. The molecule has 0 aliphatic rings. The second kappa shape index (κ2) is 16.2. The van der Waals surface area contributed by atoms with Crippen LogP contribution in [0.4, 0.5) is 10.1 Å². The zero-order valence-electron chi connectivity index (χ0n) is 28.4. The molecule has 3 aromatic carbocycles. The maximum absolute atomic E-state index is 14.9. The van der Waals surface area contributed by atoms with Crippen molar-refractivity contribution in [1.82, 2.24) is 14.6 Å². The lowest BCUT2D eigenvalue weighted by atomic mass is 9.73. The number of primary amides is 2. The molecule has 0 saturated carbocycles. The summed E-state index contributed by atoms with van der Waals surface area (Å²) in [7, 11) is -4.53. The lowest BCUT2D eigenvalue weighted by Gasteiger charge is -2.42. The van der Waals surface area contributed by atoms with E-state index in [0.29, 0.717) is 11.1 Å². The number of amides is 4. The van der Waals surface area contributed by atoms with E-state index in [4.69, 9.17) is 11.5 Å². The average molecular weight is 721 g/mol. The molecule has 3 atom stereocenters. The summed E-state index contributed by atoms with van der Waals surface area (Å²) in [6.07, 6.45) is -2.78. The minimum Gasteiger partial charge on any atom is -0.391 e. The first-order valence-electron chi connectivity index (χ1n) is 16.1. The fourth-order valence-corrected chi connectivity index (χ4v) is 7.58. The predicted octanol–water partition coefficient (Wildman–Crippen LogP) is 2.73. The summed E-state index contributed by atoms with van der Waals surface area (Å²) >= 11 is 0. The van der Waals surface area contributed by atoms with Crippen LogP contribution in [-0.2, 0) is 30.8 Å². The van der Waals surface area contributed by atoms with Crippen LogP contribution in [0, 0.1) is 17.7 Å². The Morgan fingerprint density at radius 1 is 0.941 bits per heavy atom. The van der Waals surface area contributed by atoms with Crippen LogP contribution in [0.25, 0.3) is 10.9 Å². The molecule has 4 aromatic rings. The van der Waals surface area contributed by atoms with Crippen LogP contribution in [0.15, 0.2) is 89.8 Å². The Labute approximate surface area is 295 Å². The lowest BCUT2D eigenvalue weighted by Crippen LogP contribution is -2.67. The third-order valence-electron chi connectivity index (χ3n) is 8.30. The number of aliphatic hydroxyl groups is 1. The van der Waals surface area contributed by atoms with Gasteiger partial charge in [-0.05, 0) is 48.2 Å². The van der Waals surface area contributed by atoms with Crippen molar-refractivity contribution in [3.63, 3.8) is 0 Å². The van der Waals surface area contributed by atoms with Crippen LogP contribution >= 0.6 is 0 Å². The number of pyridine rings is 1. The van der Waals surface area contributed by atoms with Gasteiger partial charge in [0.25, 0.3) is 5.91 Å². The summed E-state index contributed by atoms with van der Waals surface area (Å²) in [6, 6.07) is 21.5. The molecule has 1 aromatic heterocycles. The number of para-hydroxylation sites is 1. The van der Waals surface area contributed by atoms with Crippen LogP contribution in [-0.4, -0.2) is 71.2 Å². The molecule has 15 heteroatoms. The van der Waals surface area contributed by atoms with Gasteiger partial charge >= 0.3 is 0 Å². The largest absolute Gasteiger partial charge is 0.391 e. The number of sulfonamides is 1. The van der Waals surface area contributed by atoms with Gasteiger partial charge in [-0.3, -0.25) is 19.2 Å². The summed E-state index contributed by atoms with van der Waals surface area (Å²) in [5.74, 6) is -6.43. The zero-order valence-corrected chi connectivity index (χ0v) is 29.2. The molecule has 0 radical (unpaired) electrons. The molecule has 0 fully saturated rings. The van der Waals surface area contributed by atoms with E-state index in [0.717, 1.165) is 27.9 Å². The number of hydrogen-bond acceptors (Lipinski definition) is 8. The molecule has 0 aliphatic carbocycles. The molecule has 0 aliphatic heterocycles. The van der Waals surface area contributed by atoms with Gasteiger partial charge in [-0.15, -0.1) is 0 Å². The summed E-state index contributed by atoms with van der Waals surface area (Å²) in [5, 5.41) is 17.6. The maximum Gasteiger partial charge on any atom is 0.270 e. The van der Waals surface area contributed by atoms with Crippen LogP contribution in [0.5, 0.6) is 0 Å². The summed E-state index contributed by atoms with van der Waals surface area (Å²) < 4.78 is 43.9. The Balaban J connectivity index is 1.81. The Morgan fingerprint density at radius 2 is 1.61 bits per heavy atom. The normalized spacial score (nSPS) is 14.1. The average Bonchev–Trinajstić information content (AvgIpc) is 3.06. The maximum atomic E-state index is 14.9. The van der Waals surface area contributed by atoms with Gasteiger partial charge in [0.2, 0.25) is 27.7 Å². The van der Waals surface area contributed by atoms with Crippen molar-refractivity contribution >= 4 is 50.2 Å². The number of nitrogens with zero attached hydrogens (tertiary/aromatic N) is 2. The number of hydrogen-bond donors (Lipinski definition) is 5. The number of anilines is 1. The number of carbonyl (C=O) groups is 4. The van der Waals surface area contributed by atoms with Gasteiger partial charge in [-0.1, -0.05) is 68.4 Å². The van der Waals surface area contributed by atoms with Crippen LogP contribution in [0.1, 0.15) is 43.2 Å². The number of rotatable bonds is 16. The number of nitrogens with two attached hydrogens (primary N) is 2. The van der Waals surface area contributed by atoms with Crippen molar-refractivity contribution in [3.05, 3.63) is 102 Å². The van der Waals surface area contributed by atoms with Crippen LogP contribution < -0.4 is 22.1 Å². The number of benzene rings is 3. The molecule has 7 N–H and O–H groups in total. The van der Waals surface area contributed by atoms with Gasteiger partial charge < -0.3 is 27.2 Å². The standard InChI is InChI=1S/C36H41FN6O7S/c1-22(2)20-43(51(49,50)26-14-16-30(28(37)18-26)40-23(3)44)21-32(45)27(17-24-9-5-4-6-10-24)36(35(39)48,19-33(38)46)42-34(47)31-15-13-25-11-7-8-12-29(25)41-31/h4-16,18,22,27,32,45H,17,19-21H2,1-3H3,(H2,38,46)(H2,39,48)(H,40,44)(H,42,47)/t27-,32?,36?/m1/s1. The molecule has 0 saturated heterocycles. The Kier molecular flexibility index (Phi) is 12.2. The van der Waals surface area contributed by atoms with Gasteiger partial charge in [0.1, 0.15) is 17.1 Å². The second-order valence-corrected chi connectivity index (χ2v) is 14.7. The number of fused-ring (bicyclic) bond motifs is 1. The van der Waals surface area contributed by atoms with E-state index in [1.54, 1.807) is 74.5 Å². The number of halogens is 1. The van der Waals surface area contributed by atoms with Gasteiger partial charge in [0.05, 0.1) is 28.6 Å². The van der Waals surface area contributed by atoms with Crippen molar-refractivity contribution in [3.8, 4) is 0 Å². The third-order valence-corrected chi connectivity index (χ3v) is 10.1. The fourth-order valence-electron chi connectivity index (χ4n) is 5.95. The van der Waals surface area contributed by atoms with Crippen molar-refractivity contribution in [2.45, 2.75) is 50.2 Å². The topological polar surface area (TPSA) is 215 Å². The zero-order chi connectivity index (χ0) is 37.5. The summed E-state index contributed by atoms with van der Waals surface area (Å²) in [5.41, 5.74) is 9.97. The number of nitrogens with one attached hydrogen (secondary N) is 2. The smallest absolute Gasteiger partial charge is 0.270 e. The minimum absolute atomic E-state index is 0.120. The van der Waals surface area contributed by atoms with Crippen molar-refractivity contribution in [2.24, 2.45) is 23.3 Å². The second-order valence-electron chi connectivity index (χ2n) is 12.7. The molecule has 0 spiro atoms. The van der Waals surface area contributed by atoms with E-state index in [1.807, 2.05) is 0 Å². The van der Waals surface area contributed by atoms with E-state index in [9.17, 15) is 37.1 Å². The Bertz CT molecular complexity index is 2030. The van der Waals surface area contributed by atoms with E-state index < -0.39 is 74.9 Å². The first-order chi connectivity index (χ1) is 24.0. The third kappa shape index (κ3) is 9.31. The van der Waals surface area contributed by atoms with Gasteiger partial charge in [0, 0.05) is 31.3 Å². The molecule has 2 unspecified atom stereocenters. The highest BCUT2D eigenvalue weighted by molar-refractivity contribution is 7.89. The van der Waals surface area contributed by atoms with Gasteiger partial charge in [0.15, 0.2) is 0 Å². The van der Waals surface area contributed by atoms with Crippen molar-refractivity contribution < 1.29 is 37.1 Å². The van der Waals surface area contributed by atoms with Crippen LogP contribution in [0.3, 0.4) is 0 Å². The lowest BCUT2D eigenvalue weighted by molar-refractivity contribution is -0.134. The molecule has 1 heterocycles. The molecule has 4 amide bonds. The minimum atomic E-state index is -4.53. The molecule has 4 rings (SSSR count). The summed E-state index contributed by atoms with van der Waals surface area (Å²) in [4.78, 5) is 55.4. The molecule has 51 heavy (non-hydrogen) atoms. The van der Waals surface area contributed by atoms with E-state index >= 15 is 0 Å². The Morgan fingerprint density at radius 3 is 2.22 bits per heavy atom. The number of aromatic nitrogens is 1. The van der Waals surface area contributed by atoms with E-state index in [2.05, 4.69) is 15.6 Å². The monoisotopic (exact) mass is 720 g/mol. The predicted molar refractivity (Wildman–Crippen MR) is 189 cm³/mol. The van der Waals surface area contributed by atoms with Crippen LogP contribution in [0.2, 0.25) is 0 Å².